The van der Waals surface area contributed by atoms with E-state index < -0.39 is 0 Å². The van der Waals surface area contributed by atoms with E-state index in [1.165, 1.54) is 32.1 Å². The van der Waals surface area contributed by atoms with Gasteiger partial charge in [0.1, 0.15) is 0 Å². The van der Waals surface area contributed by atoms with Gasteiger partial charge in [0.15, 0.2) is 0 Å². The molecular formula is C15H30N2O. The quantitative estimate of drug-likeness (QED) is 0.708. The second-order valence-corrected chi connectivity index (χ2v) is 5.74. The number of amides is 1. The normalized spacial score (nSPS) is 20.1. The van der Waals surface area contributed by atoms with Crippen molar-refractivity contribution in [3.8, 4) is 0 Å². The number of nitrogens with one attached hydrogen (secondary N) is 1. The fourth-order valence-corrected chi connectivity index (χ4v) is 2.59. The number of carbonyl (C=O) groups excluding carboxylic acids is 1. The van der Waals surface area contributed by atoms with Crippen LogP contribution in [0.4, 0.5) is 0 Å². The third-order valence-corrected chi connectivity index (χ3v) is 3.77. The first-order valence-corrected chi connectivity index (χ1v) is 7.68. The lowest BCUT2D eigenvalue weighted by molar-refractivity contribution is -0.133. The number of rotatable bonds is 7. The van der Waals surface area contributed by atoms with E-state index in [0.717, 1.165) is 25.9 Å². The molecule has 1 amide bonds. The molecule has 0 aromatic heterocycles. The predicted octanol–water partition coefficient (Wildman–Crippen LogP) is 2.95. The standard InChI is InChI=1S/C15H30N2O/c1-4-5-6-10-15(18)17(13(2)3)12-14-9-7-8-11-16-14/h13-14,16H,4-12H2,1-3H3. The Labute approximate surface area is 112 Å². The van der Waals surface area contributed by atoms with Gasteiger partial charge in [0.2, 0.25) is 5.91 Å². The molecule has 106 valence electrons. The lowest BCUT2D eigenvalue weighted by Gasteiger charge is -2.33. The third-order valence-electron chi connectivity index (χ3n) is 3.77. The molecule has 3 heteroatoms. The number of carbonyl (C=O) groups is 1. The molecule has 0 aromatic rings. The fraction of sp³-hybridized carbons (Fsp3) is 0.933. The number of hydrogen-bond donors (Lipinski definition) is 1. The number of piperidine rings is 1. The molecule has 1 N–H and O–H groups in total. The van der Waals surface area contributed by atoms with Crippen molar-refractivity contribution in [1.82, 2.24) is 10.2 Å². The molecule has 1 heterocycles. The van der Waals surface area contributed by atoms with Crippen molar-refractivity contribution in [3.05, 3.63) is 0 Å². The van der Waals surface area contributed by atoms with Gasteiger partial charge in [0.05, 0.1) is 0 Å². The lowest BCUT2D eigenvalue weighted by Crippen LogP contribution is -2.48. The van der Waals surface area contributed by atoms with Crippen molar-refractivity contribution in [2.24, 2.45) is 0 Å². The maximum absolute atomic E-state index is 12.2. The molecule has 0 saturated carbocycles. The molecule has 3 nitrogen and oxygen atoms in total. The summed E-state index contributed by atoms with van der Waals surface area (Å²) in [6.45, 7) is 8.43. The van der Waals surface area contributed by atoms with Crippen LogP contribution in [0.15, 0.2) is 0 Å². The van der Waals surface area contributed by atoms with Crippen molar-refractivity contribution in [2.75, 3.05) is 13.1 Å². The molecule has 0 spiro atoms. The van der Waals surface area contributed by atoms with Crippen molar-refractivity contribution >= 4 is 5.91 Å². The van der Waals surface area contributed by atoms with E-state index in [0.29, 0.717) is 18.0 Å². The second-order valence-electron chi connectivity index (χ2n) is 5.74. The lowest BCUT2D eigenvalue weighted by atomic mass is 10.0. The Bertz CT molecular complexity index is 235. The van der Waals surface area contributed by atoms with Crippen LogP contribution in [-0.2, 0) is 4.79 Å². The molecule has 1 saturated heterocycles. The van der Waals surface area contributed by atoms with Crippen molar-refractivity contribution < 1.29 is 4.79 Å². The molecule has 0 aromatic carbocycles. The maximum Gasteiger partial charge on any atom is 0.222 e. The van der Waals surface area contributed by atoms with Crippen molar-refractivity contribution in [1.29, 1.82) is 0 Å². The molecule has 0 bridgehead atoms. The summed E-state index contributed by atoms with van der Waals surface area (Å²) >= 11 is 0. The monoisotopic (exact) mass is 254 g/mol. The van der Waals surface area contributed by atoms with Crippen molar-refractivity contribution in [2.45, 2.75) is 77.8 Å². The number of hydrogen-bond acceptors (Lipinski definition) is 2. The topological polar surface area (TPSA) is 32.3 Å². The van der Waals surface area contributed by atoms with Gasteiger partial charge in [0, 0.05) is 25.0 Å². The van der Waals surface area contributed by atoms with E-state index in [4.69, 9.17) is 0 Å². The highest BCUT2D eigenvalue weighted by Gasteiger charge is 2.22. The molecule has 0 radical (unpaired) electrons. The summed E-state index contributed by atoms with van der Waals surface area (Å²) in [6.07, 6.45) is 7.90. The van der Waals surface area contributed by atoms with Crippen LogP contribution in [0, 0.1) is 0 Å². The Kier molecular flexibility index (Phi) is 7.33. The Morgan fingerprint density at radius 3 is 2.67 bits per heavy atom. The first-order chi connectivity index (χ1) is 8.65. The van der Waals surface area contributed by atoms with E-state index >= 15 is 0 Å². The summed E-state index contributed by atoms with van der Waals surface area (Å²) in [5, 5.41) is 3.53. The van der Waals surface area contributed by atoms with Gasteiger partial charge in [-0.25, -0.2) is 0 Å². The summed E-state index contributed by atoms with van der Waals surface area (Å²) in [5.74, 6) is 0.339. The predicted molar refractivity (Wildman–Crippen MR) is 76.6 cm³/mol. The largest absolute Gasteiger partial charge is 0.339 e. The third kappa shape index (κ3) is 5.38. The Morgan fingerprint density at radius 2 is 2.11 bits per heavy atom. The van der Waals surface area contributed by atoms with Crippen LogP contribution in [-0.4, -0.2) is 36.0 Å². The summed E-state index contributed by atoms with van der Waals surface area (Å²) < 4.78 is 0. The molecule has 1 fully saturated rings. The smallest absolute Gasteiger partial charge is 0.222 e. The van der Waals surface area contributed by atoms with Crippen LogP contribution in [0.25, 0.3) is 0 Å². The SMILES string of the molecule is CCCCCC(=O)N(CC1CCCCN1)C(C)C. The van der Waals surface area contributed by atoms with E-state index in [-0.39, 0.29) is 0 Å². The molecular weight excluding hydrogens is 224 g/mol. The zero-order valence-electron chi connectivity index (χ0n) is 12.4. The van der Waals surface area contributed by atoms with Gasteiger partial charge in [-0.15, -0.1) is 0 Å². The highest BCUT2D eigenvalue weighted by Crippen LogP contribution is 2.12. The average molecular weight is 254 g/mol. The minimum Gasteiger partial charge on any atom is -0.339 e. The van der Waals surface area contributed by atoms with Gasteiger partial charge in [-0.2, -0.15) is 0 Å². The van der Waals surface area contributed by atoms with Crippen LogP contribution in [0.3, 0.4) is 0 Å². The Hall–Kier alpha value is -0.570. The summed E-state index contributed by atoms with van der Waals surface area (Å²) in [7, 11) is 0. The molecule has 1 atom stereocenters. The first kappa shape index (κ1) is 15.5. The number of nitrogens with zero attached hydrogens (tertiary/aromatic N) is 1. The zero-order valence-corrected chi connectivity index (χ0v) is 12.4. The summed E-state index contributed by atoms with van der Waals surface area (Å²) in [6, 6.07) is 0.833. The molecule has 0 aliphatic carbocycles. The zero-order chi connectivity index (χ0) is 13.4. The first-order valence-electron chi connectivity index (χ1n) is 7.68. The highest BCUT2D eigenvalue weighted by atomic mass is 16.2. The Morgan fingerprint density at radius 1 is 1.33 bits per heavy atom. The van der Waals surface area contributed by atoms with E-state index in [2.05, 4.69) is 31.0 Å². The minimum atomic E-state index is 0.322. The van der Waals surface area contributed by atoms with E-state index in [1.54, 1.807) is 0 Å². The van der Waals surface area contributed by atoms with E-state index in [1.807, 2.05) is 0 Å². The second kappa shape index (κ2) is 8.52. The van der Waals surface area contributed by atoms with Gasteiger partial charge >= 0.3 is 0 Å². The number of unbranched alkanes of at least 4 members (excludes halogenated alkanes) is 2. The van der Waals surface area contributed by atoms with Crippen LogP contribution in [0.2, 0.25) is 0 Å². The fourth-order valence-electron chi connectivity index (χ4n) is 2.59. The maximum atomic E-state index is 12.2. The van der Waals surface area contributed by atoms with Crippen LogP contribution in [0.1, 0.15) is 65.7 Å². The summed E-state index contributed by atoms with van der Waals surface area (Å²) in [4.78, 5) is 14.3. The summed E-state index contributed by atoms with van der Waals surface area (Å²) in [5.41, 5.74) is 0. The van der Waals surface area contributed by atoms with Gasteiger partial charge in [-0.05, 0) is 39.7 Å². The van der Waals surface area contributed by atoms with Gasteiger partial charge in [-0.3, -0.25) is 4.79 Å². The van der Waals surface area contributed by atoms with Gasteiger partial charge in [-0.1, -0.05) is 26.2 Å². The van der Waals surface area contributed by atoms with Gasteiger partial charge < -0.3 is 10.2 Å². The molecule has 1 aliphatic rings. The van der Waals surface area contributed by atoms with Crippen molar-refractivity contribution in [3.63, 3.8) is 0 Å². The molecule has 18 heavy (non-hydrogen) atoms. The Balaban J connectivity index is 2.39. The molecule has 1 unspecified atom stereocenters. The molecule has 1 aliphatic heterocycles. The average Bonchev–Trinajstić information content (AvgIpc) is 2.37. The highest BCUT2D eigenvalue weighted by molar-refractivity contribution is 5.76. The van der Waals surface area contributed by atoms with Crippen LogP contribution < -0.4 is 5.32 Å². The van der Waals surface area contributed by atoms with Crippen LogP contribution >= 0.6 is 0 Å². The van der Waals surface area contributed by atoms with Crippen LogP contribution in [0.5, 0.6) is 0 Å². The van der Waals surface area contributed by atoms with E-state index in [9.17, 15) is 4.79 Å². The van der Waals surface area contributed by atoms with Gasteiger partial charge in [0.25, 0.3) is 0 Å². The minimum absolute atomic E-state index is 0.322. The molecule has 1 rings (SSSR count).